The summed E-state index contributed by atoms with van der Waals surface area (Å²) < 4.78 is 15.5. The first-order valence-electron chi connectivity index (χ1n) is 11.1. The summed E-state index contributed by atoms with van der Waals surface area (Å²) in [6.07, 6.45) is 2.10. The minimum Gasteiger partial charge on any atom is -0.296 e. The van der Waals surface area contributed by atoms with Crippen molar-refractivity contribution in [2.75, 3.05) is 13.1 Å². The summed E-state index contributed by atoms with van der Waals surface area (Å²) in [5, 5.41) is 13.3. The zero-order valence-corrected chi connectivity index (χ0v) is 19.0. The van der Waals surface area contributed by atoms with Crippen molar-refractivity contribution in [2.24, 2.45) is 7.05 Å². The first-order valence-corrected chi connectivity index (χ1v) is 11.1. The van der Waals surface area contributed by atoms with Gasteiger partial charge in [-0.3, -0.25) is 14.7 Å². The van der Waals surface area contributed by atoms with Gasteiger partial charge in [0.25, 0.3) is 0 Å². The van der Waals surface area contributed by atoms with Crippen LogP contribution in [0.15, 0.2) is 24.3 Å². The van der Waals surface area contributed by atoms with E-state index in [1.165, 1.54) is 17.8 Å². The average Bonchev–Trinajstić information content (AvgIpc) is 3.32. The predicted molar refractivity (Wildman–Crippen MR) is 122 cm³/mol. The van der Waals surface area contributed by atoms with Crippen molar-refractivity contribution in [1.82, 2.24) is 34.8 Å². The van der Waals surface area contributed by atoms with Crippen LogP contribution in [-0.4, -0.2) is 47.9 Å². The fourth-order valence-electron chi connectivity index (χ4n) is 4.81. The lowest BCUT2D eigenvalue weighted by Gasteiger charge is -2.30. The van der Waals surface area contributed by atoms with Gasteiger partial charge in [-0.25, -0.2) is 14.4 Å². The number of hydrogen-bond donors (Lipinski definition) is 1. The van der Waals surface area contributed by atoms with Crippen LogP contribution in [0.2, 0.25) is 0 Å². The number of halogens is 1. The van der Waals surface area contributed by atoms with E-state index < -0.39 is 0 Å². The van der Waals surface area contributed by atoms with Crippen molar-refractivity contribution in [1.29, 1.82) is 0 Å². The quantitative estimate of drug-likeness (QED) is 0.522. The maximum atomic E-state index is 13.6. The Bertz CT molecular complexity index is 1280. The number of hydrogen-bond acceptors (Lipinski definition) is 5. The number of likely N-dealkylation sites (tertiary alicyclic amines) is 1. The predicted octanol–water partition coefficient (Wildman–Crippen LogP) is 4.20. The molecule has 1 aliphatic rings. The zero-order chi connectivity index (χ0) is 22.4. The standard InChI is InChI=1S/C24H28FN7/c1-14-19-6-5-18(25)11-21(19)27-23(26-14)13-32-9-7-17(8-10-32)20-12-22(29-28-20)24-15(2)30-31(4)16(24)3/h5-6,11-12,17H,7-10,13H2,1-4H3,(H,28,29). The monoisotopic (exact) mass is 433 g/mol. The van der Waals surface area contributed by atoms with E-state index in [9.17, 15) is 4.39 Å². The second-order valence-corrected chi connectivity index (χ2v) is 8.82. The summed E-state index contributed by atoms with van der Waals surface area (Å²) in [6.45, 7) is 8.68. The van der Waals surface area contributed by atoms with Crippen LogP contribution < -0.4 is 0 Å². The highest BCUT2D eigenvalue weighted by atomic mass is 19.1. The number of nitrogens with zero attached hydrogens (tertiary/aromatic N) is 6. The molecule has 5 rings (SSSR count). The molecular weight excluding hydrogens is 405 g/mol. The van der Waals surface area contributed by atoms with Gasteiger partial charge in [-0.1, -0.05) is 0 Å². The van der Waals surface area contributed by atoms with Crippen LogP contribution in [-0.2, 0) is 13.6 Å². The summed E-state index contributed by atoms with van der Waals surface area (Å²) in [4.78, 5) is 11.6. The van der Waals surface area contributed by atoms with Crippen molar-refractivity contribution >= 4 is 10.9 Å². The summed E-state index contributed by atoms with van der Waals surface area (Å²) in [7, 11) is 1.96. The van der Waals surface area contributed by atoms with Crippen LogP contribution in [0.25, 0.3) is 22.2 Å². The summed E-state index contributed by atoms with van der Waals surface area (Å²) in [6, 6.07) is 6.88. The molecule has 0 saturated carbocycles. The third-order valence-electron chi connectivity index (χ3n) is 6.65. The molecule has 0 unspecified atom stereocenters. The van der Waals surface area contributed by atoms with E-state index in [4.69, 9.17) is 0 Å². The molecule has 1 fully saturated rings. The van der Waals surface area contributed by atoms with Crippen LogP contribution in [0.1, 0.15) is 47.4 Å². The van der Waals surface area contributed by atoms with Gasteiger partial charge in [0, 0.05) is 47.1 Å². The van der Waals surface area contributed by atoms with E-state index in [0.717, 1.165) is 65.5 Å². The minimum absolute atomic E-state index is 0.266. The molecule has 1 aliphatic heterocycles. The number of benzene rings is 1. The molecular formula is C24H28FN7. The van der Waals surface area contributed by atoms with Crippen molar-refractivity contribution in [2.45, 2.75) is 46.1 Å². The van der Waals surface area contributed by atoms with Crippen LogP contribution in [0.5, 0.6) is 0 Å². The fourth-order valence-corrected chi connectivity index (χ4v) is 4.81. The van der Waals surface area contributed by atoms with E-state index in [2.05, 4.69) is 43.2 Å². The second kappa shape index (κ2) is 8.09. The molecule has 1 aromatic carbocycles. The molecule has 0 amide bonds. The molecule has 4 aromatic rings. The number of H-pyrrole nitrogens is 1. The van der Waals surface area contributed by atoms with Gasteiger partial charge in [-0.05, 0) is 64.9 Å². The molecule has 4 heterocycles. The number of aromatic nitrogens is 6. The molecule has 3 aromatic heterocycles. The topological polar surface area (TPSA) is 75.5 Å². The third kappa shape index (κ3) is 3.79. The van der Waals surface area contributed by atoms with Gasteiger partial charge in [0.1, 0.15) is 11.6 Å². The van der Waals surface area contributed by atoms with Crippen LogP contribution in [0.3, 0.4) is 0 Å². The second-order valence-electron chi connectivity index (χ2n) is 8.82. The number of fused-ring (bicyclic) bond motifs is 1. The number of nitrogens with one attached hydrogen (secondary N) is 1. The Labute approximate surface area is 186 Å². The lowest BCUT2D eigenvalue weighted by Crippen LogP contribution is -2.33. The lowest BCUT2D eigenvalue weighted by molar-refractivity contribution is 0.199. The van der Waals surface area contributed by atoms with Crippen molar-refractivity contribution in [3.8, 4) is 11.3 Å². The van der Waals surface area contributed by atoms with Gasteiger partial charge in [0.15, 0.2) is 0 Å². The Balaban J connectivity index is 1.26. The normalized spacial score (nSPS) is 15.7. The molecule has 1 N–H and O–H groups in total. The largest absolute Gasteiger partial charge is 0.296 e. The van der Waals surface area contributed by atoms with Gasteiger partial charge in [0.05, 0.1) is 23.4 Å². The van der Waals surface area contributed by atoms with Gasteiger partial charge >= 0.3 is 0 Å². The summed E-state index contributed by atoms with van der Waals surface area (Å²) in [5.41, 5.74) is 6.98. The SMILES string of the molecule is Cc1nn(C)c(C)c1-c1cc(C2CCN(Cc3nc(C)c4ccc(F)cc4n3)CC2)[nH]n1. The average molecular weight is 434 g/mol. The Hall–Kier alpha value is -3.13. The minimum atomic E-state index is -0.266. The maximum Gasteiger partial charge on any atom is 0.143 e. The smallest absolute Gasteiger partial charge is 0.143 e. The highest BCUT2D eigenvalue weighted by Crippen LogP contribution is 2.31. The number of rotatable bonds is 4. The first-order chi connectivity index (χ1) is 15.4. The molecule has 0 aliphatic carbocycles. The van der Waals surface area contributed by atoms with Crippen LogP contribution in [0.4, 0.5) is 4.39 Å². The molecule has 32 heavy (non-hydrogen) atoms. The molecule has 0 bridgehead atoms. The number of aryl methyl sites for hydroxylation is 3. The van der Waals surface area contributed by atoms with Gasteiger partial charge in [0.2, 0.25) is 0 Å². The highest BCUT2D eigenvalue weighted by Gasteiger charge is 2.24. The van der Waals surface area contributed by atoms with E-state index in [1.54, 1.807) is 6.07 Å². The van der Waals surface area contributed by atoms with Gasteiger partial charge in [-0.2, -0.15) is 10.2 Å². The van der Waals surface area contributed by atoms with Gasteiger partial charge < -0.3 is 0 Å². The molecule has 7 nitrogen and oxygen atoms in total. The Morgan fingerprint density at radius 1 is 1.06 bits per heavy atom. The highest BCUT2D eigenvalue weighted by molar-refractivity contribution is 5.80. The maximum absolute atomic E-state index is 13.6. The summed E-state index contributed by atoms with van der Waals surface area (Å²) in [5.74, 6) is 0.946. The fraction of sp³-hybridized carbons (Fsp3) is 0.417. The molecule has 166 valence electrons. The Kier molecular flexibility index (Phi) is 5.25. The van der Waals surface area contributed by atoms with Crippen LogP contribution in [0, 0.1) is 26.6 Å². The number of aromatic amines is 1. The van der Waals surface area contributed by atoms with E-state index >= 15 is 0 Å². The third-order valence-corrected chi connectivity index (χ3v) is 6.65. The first kappa shape index (κ1) is 20.8. The number of piperidine rings is 1. The van der Waals surface area contributed by atoms with Crippen molar-refractivity contribution in [3.05, 3.63) is 58.7 Å². The van der Waals surface area contributed by atoms with E-state index in [0.29, 0.717) is 18.0 Å². The van der Waals surface area contributed by atoms with Crippen molar-refractivity contribution < 1.29 is 4.39 Å². The molecule has 0 spiro atoms. The van der Waals surface area contributed by atoms with Crippen molar-refractivity contribution in [3.63, 3.8) is 0 Å². The summed E-state index contributed by atoms with van der Waals surface area (Å²) >= 11 is 0. The molecule has 0 radical (unpaired) electrons. The Morgan fingerprint density at radius 2 is 1.84 bits per heavy atom. The molecule has 1 saturated heterocycles. The lowest BCUT2D eigenvalue weighted by atomic mass is 9.93. The van der Waals surface area contributed by atoms with E-state index in [1.807, 2.05) is 25.6 Å². The zero-order valence-electron chi connectivity index (χ0n) is 19.0. The Morgan fingerprint density at radius 3 is 2.56 bits per heavy atom. The van der Waals surface area contributed by atoms with E-state index in [-0.39, 0.29) is 5.82 Å². The molecule has 0 atom stereocenters. The van der Waals surface area contributed by atoms with Gasteiger partial charge in [-0.15, -0.1) is 0 Å². The molecule has 8 heteroatoms. The van der Waals surface area contributed by atoms with Crippen LogP contribution >= 0.6 is 0 Å².